The molecule has 0 saturated carbocycles. The molecule has 148 valence electrons. The Labute approximate surface area is 154 Å². The highest BCUT2D eigenvalue weighted by molar-refractivity contribution is 5.80. The van der Waals surface area contributed by atoms with Crippen molar-refractivity contribution >= 4 is 17.0 Å². The molecule has 0 fully saturated rings. The normalized spacial score (nSPS) is 12.9. The summed E-state index contributed by atoms with van der Waals surface area (Å²) in [6.45, 7) is 9.61. The fourth-order valence-corrected chi connectivity index (χ4v) is 2.18. The van der Waals surface area contributed by atoms with Gasteiger partial charge in [0.05, 0.1) is 12.4 Å². The molecule has 9 heteroatoms. The van der Waals surface area contributed by atoms with Crippen LogP contribution in [-0.2, 0) is 11.3 Å². The van der Waals surface area contributed by atoms with E-state index in [0.29, 0.717) is 17.3 Å². The Bertz CT molecular complexity index is 647. The minimum Gasteiger partial charge on any atom is -0.382 e. The first-order valence-electron chi connectivity index (χ1n) is 8.71. The summed E-state index contributed by atoms with van der Waals surface area (Å²) < 4.78 is 7.50. The van der Waals surface area contributed by atoms with Gasteiger partial charge in [-0.2, -0.15) is 0 Å². The molecule has 0 spiro atoms. The Morgan fingerprint density at radius 1 is 1.23 bits per heavy atom. The minimum absolute atomic E-state index is 0.167. The molecule has 1 atom stereocenters. The lowest BCUT2D eigenvalue weighted by molar-refractivity contribution is -0.127. The van der Waals surface area contributed by atoms with Crippen LogP contribution in [0.3, 0.4) is 0 Å². The summed E-state index contributed by atoms with van der Waals surface area (Å²) in [6, 6.07) is 0. The van der Waals surface area contributed by atoms with E-state index in [1.54, 1.807) is 13.4 Å². The van der Waals surface area contributed by atoms with E-state index in [4.69, 9.17) is 20.7 Å². The number of methoxy groups -OCH3 is 1. The van der Waals surface area contributed by atoms with E-state index in [0.717, 1.165) is 31.7 Å². The van der Waals surface area contributed by atoms with E-state index in [2.05, 4.69) is 34.1 Å². The second-order valence-electron chi connectivity index (χ2n) is 7.06. The largest absolute Gasteiger partial charge is 0.382 e. The van der Waals surface area contributed by atoms with E-state index < -0.39 is 5.79 Å². The van der Waals surface area contributed by atoms with Crippen molar-refractivity contribution in [1.82, 2.24) is 24.8 Å². The number of fused-ring (bicyclic) bond motifs is 1. The number of aliphatic hydroxyl groups is 2. The average molecular weight is 368 g/mol. The summed E-state index contributed by atoms with van der Waals surface area (Å²) in [5, 5.41) is 19.6. The van der Waals surface area contributed by atoms with Gasteiger partial charge in [0.15, 0.2) is 17.3 Å². The van der Waals surface area contributed by atoms with E-state index in [9.17, 15) is 0 Å². The molecule has 26 heavy (non-hydrogen) atoms. The van der Waals surface area contributed by atoms with E-state index >= 15 is 0 Å². The fraction of sp³-hybridized carbons (Fsp3) is 0.706. The standard InChI is InChI=1S/C14H24N6O.C3H8O2/c1-10(2)6-16-7-11(21-3)4-5-20-9-19-12-13(15)17-8-18-14(12)20;1-3(2,4)5/h8-11,16H,4-7H2,1-3H3,(H2,15,17,18);4-5H,1-2H3. The van der Waals surface area contributed by atoms with Crippen LogP contribution in [0.4, 0.5) is 5.82 Å². The van der Waals surface area contributed by atoms with Crippen molar-refractivity contribution in [3.63, 3.8) is 0 Å². The maximum absolute atomic E-state index is 8.08. The second kappa shape index (κ2) is 10.4. The number of hydrogen-bond donors (Lipinski definition) is 4. The summed E-state index contributed by atoms with van der Waals surface area (Å²) in [7, 11) is 1.74. The number of nitrogens with one attached hydrogen (secondary N) is 1. The Kier molecular flexibility index (Phi) is 8.86. The summed E-state index contributed by atoms with van der Waals surface area (Å²) in [6.07, 6.45) is 4.27. The molecule has 0 saturated heterocycles. The van der Waals surface area contributed by atoms with E-state index in [1.165, 1.54) is 20.2 Å². The summed E-state index contributed by atoms with van der Waals surface area (Å²) in [5.74, 6) is -0.444. The van der Waals surface area contributed by atoms with Crippen molar-refractivity contribution in [2.75, 3.05) is 25.9 Å². The average Bonchev–Trinajstić information content (AvgIpc) is 2.93. The smallest absolute Gasteiger partial charge is 0.165 e. The van der Waals surface area contributed by atoms with Crippen molar-refractivity contribution in [2.45, 2.75) is 52.6 Å². The number of nitrogens with two attached hydrogens (primary N) is 1. The quantitative estimate of drug-likeness (QED) is 0.502. The summed E-state index contributed by atoms with van der Waals surface area (Å²) >= 11 is 0. The molecule has 0 bridgehead atoms. The van der Waals surface area contributed by atoms with Gasteiger partial charge in [0.2, 0.25) is 0 Å². The molecule has 2 rings (SSSR count). The highest BCUT2D eigenvalue weighted by Gasteiger charge is 2.11. The topological polar surface area (TPSA) is 131 Å². The molecule has 2 aromatic heterocycles. The number of aryl methyl sites for hydroxylation is 1. The molecule has 9 nitrogen and oxygen atoms in total. The molecule has 0 aliphatic rings. The molecular weight excluding hydrogens is 336 g/mol. The van der Waals surface area contributed by atoms with Crippen LogP contribution in [0.1, 0.15) is 34.1 Å². The zero-order chi connectivity index (χ0) is 19.7. The first kappa shape index (κ1) is 22.2. The molecule has 0 aliphatic heterocycles. The zero-order valence-corrected chi connectivity index (χ0v) is 16.3. The number of ether oxygens (including phenoxy) is 1. The van der Waals surface area contributed by atoms with Gasteiger partial charge in [0.1, 0.15) is 11.8 Å². The number of hydrogen-bond acceptors (Lipinski definition) is 8. The van der Waals surface area contributed by atoms with Gasteiger partial charge in [0, 0.05) is 20.2 Å². The van der Waals surface area contributed by atoms with Crippen LogP contribution in [-0.4, -0.2) is 61.8 Å². The molecule has 1 unspecified atom stereocenters. The SMILES string of the molecule is CC(C)(O)O.COC(CCn1cnc2c(N)ncnc21)CNCC(C)C. The lowest BCUT2D eigenvalue weighted by atomic mass is 10.2. The summed E-state index contributed by atoms with van der Waals surface area (Å²) in [5.41, 5.74) is 7.21. The van der Waals surface area contributed by atoms with Crippen molar-refractivity contribution in [2.24, 2.45) is 5.92 Å². The number of aromatic nitrogens is 4. The maximum Gasteiger partial charge on any atom is 0.165 e. The number of rotatable bonds is 8. The highest BCUT2D eigenvalue weighted by Crippen LogP contribution is 2.15. The molecule has 2 aromatic rings. The molecule has 0 aromatic carbocycles. The first-order valence-corrected chi connectivity index (χ1v) is 8.71. The van der Waals surface area contributed by atoms with E-state index in [-0.39, 0.29) is 6.10 Å². The zero-order valence-electron chi connectivity index (χ0n) is 16.3. The Morgan fingerprint density at radius 3 is 2.46 bits per heavy atom. The van der Waals surface area contributed by atoms with Gasteiger partial charge in [0.25, 0.3) is 0 Å². The van der Waals surface area contributed by atoms with Crippen LogP contribution in [0.15, 0.2) is 12.7 Å². The first-order chi connectivity index (χ1) is 12.1. The van der Waals surface area contributed by atoms with Crippen LogP contribution in [0.5, 0.6) is 0 Å². The van der Waals surface area contributed by atoms with Gasteiger partial charge in [-0.15, -0.1) is 0 Å². The van der Waals surface area contributed by atoms with Gasteiger partial charge in [-0.1, -0.05) is 13.8 Å². The van der Waals surface area contributed by atoms with Crippen molar-refractivity contribution in [3.05, 3.63) is 12.7 Å². The predicted molar refractivity (Wildman–Crippen MR) is 101 cm³/mol. The number of imidazole rings is 1. The van der Waals surface area contributed by atoms with Gasteiger partial charge in [-0.05, 0) is 32.7 Å². The second-order valence-corrected chi connectivity index (χ2v) is 7.06. The lowest BCUT2D eigenvalue weighted by Gasteiger charge is -2.17. The lowest BCUT2D eigenvalue weighted by Crippen LogP contribution is -2.31. The third-order valence-electron chi connectivity index (χ3n) is 3.38. The van der Waals surface area contributed by atoms with Crippen LogP contribution < -0.4 is 11.1 Å². The molecule has 0 amide bonds. The monoisotopic (exact) mass is 368 g/mol. The fourth-order valence-electron chi connectivity index (χ4n) is 2.18. The number of nitrogen functional groups attached to an aromatic ring is 1. The van der Waals surface area contributed by atoms with Crippen LogP contribution in [0.25, 0.3) is 11.2 Å². The van der Waals surface area contributed by atoms with Gasteiger partial charge in [-0.3, -0.25) is 0 Å². The van der Waals surface area contributed by atoms with Crippen LogP contribution in [0, 0.1) is 5.92 Å². The van der Waals surface area contributed by atoms with Gasteiger partial charge >= 0.3 is 0 Å². The summed E-state index contributed by atoms with van der Waals surface area (Å²) in [4.78, 5) is 12.5. The maximum atomic E-state index is 8.08. The Hall–Kier alpha value is -1.81. The van der Waals surface area contributed by atoms with Gasteiger partial charge in [-0.25, -0.2) is 15.0 Å². The van der Waals surface area contributed by atoms with Crippen LogP contribution >= 0.6 is 0 Å². The molecular formula is C17H32N6O3. The van der Waals surface area contributed by atoms with E-state index in [1.807, 2.05) is 4.57 Å². The number of nitrogens with zero attached hydrogens (tertiary/aromatic N) is 4. The Balaban J connectivity index is 0.000000597. The molecule has 0 radical (unpaired) electrons. The Morgan fingerprint density at radius 2 is 1.88 bits per heavy atom. The van der Waals surface area contributed by atoms with Crippen LogP contribution in [0.2, 0.25) is 0 Å². The van der Waals surface area contributed by atoms with Crippen molar-refractivity contribution in [1.29, 1.82) is 0 Å². The number of anilines is 1. The third kappa shape index (κ3) is 8.52. The predicted octanol–water partition coefficient (Wildman–Crippen LogP) is 0.766. The molecule has 5 N–H and O–H groups in total. The highest BCUT2D eigenvalue weighted by atomic mass is 16.5. The van der Waals surface area contributed by atoms with Gasteiger partial charge < -0.3 is 30.6 Å². The molecule has 0 aliphatic carbocycles. The van der Waals surface area contributed by atoms with Crippen molar-refractivity contribution < 1.29 is 14.9 Å². The third-order valence-corrected chi connectivity index (χ3v) is 3.38. The molecule has 2 heterocycles. The minimum atomic E-state index is -1.50. The van der Waals surface area contributed by atoms with Crippen molar-refractivity contribution in [3.8, 4) is 0 Å².